The molecule has 0 saturated heterocycles. The summed E-state index contributed by atoms with van der Waals surface area (Å²) >= 11 is 3.69. The van der Waals surface area contributed by atoms with Gasteiger partial charge in [-0.2, -0.15) is 0 Å². The van der Waals surface area contributed by atoms with Crippen LogP contribution >= 0.6 is 15.9 Å². The first kappa shape index (κ1) is 27.7. The number of hydrogen-bond acceptors (Lipinski definition) is 6. The zero-order valence-electron chi connectivity index (χ0n) is 22.8. The van der Waals surface area contributed by atoms with Crippen LogP contribution in [0.2, 0.25) is 0 Å². The lowest BCUT2D eigenvalue weighted by molar-refractivity contribution is -0.139. The van der Waals surface area contributed by atoms with Gasteiger partial charge >= 0.3 is 5.97 Å². The third-order valence-electron chi connectivity index (χ3n) is 7.60. The quantitative estimate of drug-likeness (QED) is 0.293. The van der Waals surface area contributed by atoms with E-state index in [1.807, 2.05) is 67.6 Å². The van der Waals surface area contributed by atoms with Crippen molar-refractivity contribution in [2.45, 2.75) is 38.0 Å². The molecule has 2 aliphatic rings. The van der Waals surface area contributed by atoms with Crippen molar-refractivity contribution in [2.75, 3.05) is 20.8 Å². The van der Waals surface area contributed by atoms with Crippen LogP contribution in [-0.2, 0) is 20.7 Å². The fourth-order valence-corrected chi connectivity index (χ4v) is 6.21. The number of carbonyl (C=O) groups is 2. The van der Waals surface area contributed by atoms with Crippen LogP contribution in [-0.4, -0.2) is 32.6 Å². The monoisotopic (exact) mass is 601 g/mol. The van der Waals surface area contributed by atoms with Crippen molar-refractivity contribution in [3.8, 4) is 11.5 Å². The highest BCUT2D eigenvalue weighted by molar-refractivity contribution is 9.10. The molecule has 3 aromatic rings. The first-order valence-corrected chi connectivity index (χ1v) is 14.1. The van der Waals surface area contributed by atoms with Crippen LogP contribution in [0.5, 0.6) is 11.5 Å². The second kappa shape index (κ2) is 12.1. The Morgan fingerprint density at radius 2 is 1.60 bits per heavy atom. The first-order valence-electron chi connectivity index (χ1n) is 13.3. The Hall–Kier alpha value is -3.84. The summed E-state index contributed by atoms with van der Waals surface area (Å²) in [7, 11) is 3.14. The largest absolute Gasteiger partial charge is 0.493 e. The summed E-state index contributed by atoms with van der Waals surface area (Å²) in [5, 5.41) is 3.42. The lowest BCUT2D eigenvalue weighted by Crippen LogP contribution is -2.36. The third-order valence-corrected chi connectivity index (χ3v) is 8.29. The maximum Gasteiger partial charge on any atom is 0.336 e. The van der Waals surface area contributed by atoms with Gasteiger partial charge in [-0.1, -0.05) is 76.6 Å². The molecule has 1 aliphatic carbocycles. The molecule has 7 heteroatoms. The number of carbonyl (C=O) groups excluding carboxylic acids is 2. The first-order chi connectivity index (χ1) is 19.4. The molecule has 206 valence electrons. The minimum atomic E-state index is -0.626. The topological polar surface area (TPSA) is 73.9 Å². The zero-order chi connectivity index (χ0) is 28.2. The van der Waals surface area contributed by atoms with Crippen LogP contribution in [0.4, 0.5) is 0 Å². The summed E-state index contributed by atoms with van der Waals surface area (Å²) in [6.45, 7) is 2.10. The molecule has 2 atom stereocenters. The number of benzene rings is 3. The van der Waals surface area contributed by atoms with Gasteiger partial charge < -0.3 is 19.5 Å². The standard InChI is InChI=1S/C33H32BrNO5/c1-20-30(33(37)40-15-14-21-10-6-4-7-11-21)31(24-18-28(38-2)29(39-3)19-25(24)34)32-26(35-20)16-23(17-27(32)36)22-12-8-5-9-13-22/h4-13,18-19,23,31,35H,14-17H2,1-3H3/t23-,31-/m1/s1. The third kappa shape index (κ3) is 5.56. The number of halogens is 1. The zero-order valence-corrected chi connectivity index (χ0v) is 24.4. The molecule has 6 nitrogen and oxygen atoms in total. The summed E-state index contributed by atoms with van der Waals surface area (Å²) in [6, 6.07) is 23.6. The van der Waals surface area contributed by atoms with Crippen LogP contribution in [0.25, 0.3) is 0 Å². The van der Waals surface area contributed by atoms with Crippen molar-refractivity contribution < 1.29 is 23.8 Å². The van der Waals surface area contributed by atoms with Crippen LogP contribution in [0, 0.1) is 0 Å². The van der Waals surface area contributed by atoms with E-state index < -0.39 is 11.9 Å². The molecule has 0 saturated carbocycles. The minimum absolute atomic E-state index is 0.0105. The van der Waals surface area contributed by atoms with Gasteiger partial charge in [-0.3, -0.25) is 4.79 Å². The van der Waals surface area contributed by atoms with Gasteiger partial charge in [0.2, 0.25) is 0 Å². The van der Waals surface area contributed by atoms with E-state index in [1.165, 1.54) is 0 Å². The number of Topliss-reactive ketones (excluding diaryl/α,β-unsaturated/α-hetero) is 1. The molecule has 1 aliphatic heterocycles. The Morgan fingerprint density at radius 1 is 0.950 bits per heavy atom. The van der Waals surface area contributed by atoms with Crippen LogP contribution in [0.15, 0.2) is 99.8 Å². The van der Waals surface area contributed by atoms with Gasteiger partial charge in [-0.25, -0.2) is 4.79 Å². The smallest absolute Gasteiger partial charge is 0.336 e. The Morgan fingerprint density at radius 3 is 2.27 bits per heavy atom. The number of esters is 1. The molecular formula is C33H32BrNO5. The highest BCUT2D eigenvalue weighted by Crippen LogP contribution is 2.49. The van der Waals surface area contributed by atoms with Crippen LogP contribution < -0.4 is 14.8 Å². The Labute approximate surface area is 243 Å². The molecule has 0 amide bonds. The fourth-order valence-electron chi connectivity index (χ4n) is 5.66. The maximum atomic E-state index is 13.9. The molecule has 40 heavy (non-hydrogen) atoms. The molecule has 0 spiro atoms. The van der Waals surface area contributed by atoms with Crippen molar-refractivity contribution in [3.05, 3.63) is 116 Å². The van der Waals surface area contributed by atoms with E-state index in [2.05, 4.69) is 33.4 Å². The highest BCUT2D eigenvalue weighted by Gasteiger charge is 2.42. The SMILES string of the molecule is COc1cc(Br)c([C@@H]2C(C(=O)OCCc3ccccc3)=C(C)NC3=C2C(=O)C[C@H](c2ccccc2)C3)cc1OC. The molecule has 0 aromatic heterocycles. The number of methoxy groups -OCH3 is 2. The molecule has 0 unspecified atom stereocenters. The van der Waals surface area contributed by atoms with Crippen molar-refractivity contribution in [1.82, 2.24) is 5.32 Å². The summed E-state index contributed by atoms with van der Waals surface area (Å²) in [5.41, 5.74) is 5.49. The van der Waals surface area contributed by atoms with Crippen molar-refractivity contribution in [1.29, 1.82) is 0 Å². The average molecular weight is 603 g/mol. The van der Waals surface area contributed by atoms with Gasteiger partial charge in [-0.15, -0.1) is 0 Å². The predicted octanol–water partition coefficient (Wildman–Crippen LogP) is 6.61. The summed E-state index contributed by atoms with van der Waals surface area (Å²) < 4.78 is 17.6. The number of rotatable bonds is 8. The summed E-state index contributed by atoms with van der Waals surface area (Å²) in [4.78, 5) is 27.6. The molecule has 1 N–H and O–H groups in total. The number of allylic oxidation sites excluding steroid dienone is 3. The van der Waals surface area contributed by atoms with E-state index in [-0.39, 0.29) is 18.3 Å². The maximum absolute atomic E-state index is 13.9. The molecule has 0 bridgehead atoms. The number of hydrogen-bond donors (Lipinski definition) is 1. The van der Waals surface area contributed by atoms with Gasteiger partial charge in [-0.05, 0) is 48.1 Å². The molecule has 3 aromatic carbocycles. The number of ketones is 1. The van der Waals surface area contributed by atoms with Gasteiger partial charge in [0.15, 0.2) is 17.3 Å². The fraction of sp³-hybridized carbons (Fsp3) is 0.273. The second-order valence-corrected chi connectivity index (χ2v) is 10.9. The molecule has 0 fully saturated rings. The van der Waals surface area contributed by atoms with Gasteiger partial charge in [0.25, 0.3) is 0 Å². The van der Waals surface area contributed by atoms with Crippen molar-refractivity contribution in [2.24, 2.45) is 0 Å². The molecular weight excluding hydrogens is 570 g/mol. The number of ether oxygens (including phenoxy) is 3. The summed E-state index contributed by atoms with van der Waals surface area (Å²) in [6.07, 6.45) is 1.63. The minimum Gasteiger partial charge on any atom is -0.493 e. The average Bonchev–Trinajstić information content (AvgIpc) is 2.97. The van der Waals surface area contributed by atoms with Gasteiger partial charge in [0, 0.05) is 40.2 Å². The van der Waals surface area contributed by atoms with Crippen molar-refractivity contribution >= 4 is 27.7 Å². The molecule has 0 radical (unpaired) electrons. The Kier molecular flexibility index (Phi) is 8.40. The molecule has 1 heterocycles. The normalized spacial score (nSPS) is 18.6. The lowest BCUT2D eigenvalue weighted by atomic mass is 9.71. The number of dihydropyridines is 1. The van der Waals surface area contributed by atoms with E-state index in [9.17, 15) is 9.59 Å². The van der Waals surface area contributed by atoms with E-state index in [4.69, 9.17) is 14.2 Å². The van der Waals surface area contributed by atoms with Crippen molar-refractivity contribution in [3.63, 3.8) is 0 Å². The van der Waals surface area contributed by atoms with Crippen LogP contribution in [0.1, 0.15) is 48.3 Å². The molecule has 5 rings (SSSR count). The van der Waals surface area contributed by atoms with E-state index in [0.29, 0.717) is 52.1 Å². The Balaban J connectivity index is 1.54. The Bertz CT molecular complexity index is 1480. The van der Waals surface area contributed by atoms with E-state index >= 15 is 0 Å². The van der Waals surface area contributed by atoms with E-state index in [1.54, 1.807) is 14.2 Å². The second-order valence-electron chi connectivity index (χ2n) is 10.0. The number of nitrogens with one attached hydrogen (secondary N) is 1. The van der Waals surface area contributed by atoms with Gasteiger partial charge in [0.05, 0.1) is 26.4 Å². The highest BCUT2D eigenvalue weighted by atomic mass is 79.9. The predicted molar refractivity (Wildman–Crippen MR) is 157 cm³/mol. The van der Waals surface area contributed by atoms with E-state index in [0.717, 1.165) is 22.4 Å². The van der Waals surface area contributed by atoms with Crippen LogP contribution in [0.3, 0.4) is 0 Å². The van der Waals surface area contributed by atoms with Gasteiger partial charge in [0.1, 0.15) is 0 Å². The lowest BCUT2D eigenvalue weighted by Gasteiger charge is -2.37. The summed E-state index contributed by atoms with van der Waals surface area (Å²) in [5.74, 6) is 0.0586.